The summed E-state index contributed by atoms with van der Waals surface area (Å²) in [5, 5.41) is 0. The molecule has 17 heavy (non-hydrogen) atoms. The normalized spacial score (nSPS) is 40.6. The van der Waals surface area contributed by atoms with Crippen molar-refractivity contribution in [2.45, 2.75) is 64.1 Å². The van der Waals surface area contributed by atoms with Crippen LogP contribution >= 0.6 is 0 Å². The highest BCUT2D eigenvalue weighted by Crippen LogP contribution is 2.61. The summed E-state index contributed by atoms with van der Waals surface area (Å²) >= 11 is 0. The lowest BCUT2D eigenvalue weighted by molar-refractivity contribution is -0.148. The van der Waals surface area contributed by atoms with E-state index in [1.807, 2.05) is 0 Å². The van der Waals surface area contributed by atoms with E-state index in [-0.39, 0.29) is 17.5 Å². The number of carbonyl (C=O) groups is 1. The highest BCUT2D eigenvalue weighted by molar-refractivity contribution is 5.85. The van der Waals surface area contributed by atoms with Gasteiger partial charge in [-0.15, -0.1) is 0 Å². The molecular weight excluding hydrogens is 216 g/mol. The van der Waals surface area contributed by atoms with Gasteiger partial charge in [-0.05, 0) is 37.5 Å². The van der Waals surface area contributed by atoms with Crippen LogP contribution in [0.25, 0.3) is 0 Å². The molecule has 1 heterocycles. The first-order valence-electron chi connectivity index (χ1n) is 6.81. The molecule has 1 atom stereocenters. The Balaban J connectivity index is 2.12. The van der Waals surface area contributed by atoms with E-state index in [2.05, 4.69) is 20.8 Å². The molecule has 0 aromatic rings. The lowest BCUT2D eigenvalue weighted by Gasteiger charge is -2.29. The fourth-order valence-electron chi connectivity index (χ4n) is 3.57. The molecule has 3 nitrogen and oxygen atoms in total. The molecule has 0 radical (unpaired) electrons. The number of hydrogen-bond acceptors (Lipinski definition) is 3. The minimum absolute atomic E-state index is 0.178. The molecule has 2 fully saturated rings. The van der Waals surface area contributed by atoms with Crippen molar-refractivity contribution in [2.75, 3.05) is 7.11 Å². The van der Waals surface area contributed by atoms with Crippen LogP contribution in [0.5, 0.6) is 0 Å². The number of carbonyl (C=O) groups excluding carboxylic acids is 1. The zero-order chi connectivity index (χ0) is 12.7. The SMILES string of the molecule is CCC1CCC2(CC1)OC2(C(=O)OC)C(C)C. The van der Waals surface area contributed by atoms with E-state index >= 15 is 0 Å². The summed E-state index contributed by atoms with van der Waals surface area (Å²) < 4.78 is 10.9. The average molecular weight is 240 g/mol. The Morgan fingerprint density at radius 1 is 1.41 bits per heavy atom. The summed E-state index contributed by atoms with van der Waals surface area (Å²) in [5.74, 6) is 0.822. The summed E-state index contributed by atoms with van der Waals surface area (Å²) in [6.07, 6.45) is 5.63. The number of ether oxygens (including phenoxy) is 2. The van der Waals surface area contributed by atoms with Gasteiger partial charge in [0.05, 0.1) is 7.11 Å². The molecule has 2 rings (SSSR count). The maximum atomic E-state index is 12.0. The van der Waals surface area contributed by atoms with Crippen LogP contribution in [0, 0.1) is 11.8 Å². The van der Waals surface area contributed by atoms with E-state index < -0.39 is 5.60 Å². The molecule has 1 aliphatic carbocycles. The van der Waals surface area contributed by atoms with Crippen molar-refractivity contribution in [2.24, 2.45) is 11.8 Å². The van der Waals surface area contributed by atoms with Crippen LogP contribution in [0.2, 0.25) is 0 Å². The Kier molecular flexibility index (Phi) is 3.23. The molecule has 0 aromatic heterocycles. The monoisotopic (exact) mass is 240 g/mol. The van der Waals surface area contributed by atoms with Crippen LogP contribution in [0.1, 0.15) is 52.9 Å². The van der Waals surface area contributed by atoms with Crippen LogP contribution in [-0.2, 0) is 14.3 Å². The highest BCUT2D eigenvalue weighted by atomic mass is 16.7. The Hall–Kier alpha value is -0.570. The summed E-state index contributed by atoms with van der Waals surface area (Å²) in [4.78, 5) is 12.0. The number of methoxy groups -OCH3 is 1. The molecule has 1 unspecified atom stereocenters. The molecule has 0 aromatic carbocycles. The zero-order valence-electron chi connectivity index (χ0n) is 11.4. The highest BCUT2D eigenvalue weighted by Gasteiger charge is 2.76. The van der Waals surface area contributed by atoms with E-state index in [4.69, 9.17) is 9.47 Å². The Morgan fingerprint density at radius 2 is 2.00 bits per heavy atom. The Morgan fingerprint density at radius 3 is 2.41 bits per heavy atom. The first-order chi connectivity index (χ1) is 8.02. The maximum Gasteiger partial charge on any atom is 0.341 e. The van der Waals surface area contributed by atoms with Gasteiger partial charge < -0.3 is 9.47 Å². The van der Waals surface area contributed by atoms with Crippen molar-refractivity contribution in [3.8, 4) is 0 Å². The van der Waals surface area contributed by atoms with Gasteiger partial charge in [-0.2, -0.15) is 0 Å². The van der Waals surface area contributed by atoms with Crippen molar-refractivity contribution in [1.82, 2.24) is 0 Å². The van der Waals surface area contributed by atoms with Crippen LogP contribution in [0.4, 0.5) is 0 Å². The molecule has 3 heteroatoms. The fraction of sp³-hybridized carbons (Fsp3) is 0.929. The topological polar surface area (TPSA) is 38.8 Å². The Bertz CT molecular complexity index is 303. The summed E-state index contributed by atoms with van der Waals surface area (Å²) in [5.41, 5.74) is -0.861. The third kappa shape index (κ3) is 1.70. The summed E-state index contributed by atoms with van der Waals surface area (Å²) in [6.45, 7) is 6.35. The van der Waals surface area contributed by atoms with Gasteiger partial charge >= 0.3 is 5.97 Å². The summed E-state index contributed by atoms with van der Waals surface area (Å²) in [7, 11) is 1.46. The smallest absolute Gasteiger partial charge is 0.341 e. The quantitative estimate of drug-likeness (QED) is 0.562. The molecule has 1 saturated heterocycles. The zero-order valence-corrected chi connectivity index (χ0v) is 11.4. The van der Waals surface area contributed by atoms with Gasteiger partial charge in [-0.25, -0.2) is 4.79 Å². The lowest BCUT2D eigenvalue weighted by Crippen LogP contribution is -2.41. The van der Waals surface area contributed by atoms with Gasteiger partial charge in [-0.1, -0.05) is 27.2 Å². The van der Waals surface area contributed by atoms with Crippen molar-refractivity contribution in [1.29, 1.82) is 0 Å². The summed E-state index contributed by atoms with van der Waals surface area (Å²) in [6, 6.07) is 0. The van der Waals surface area contributed by atoms with Crippen molar-refractivity contribution in [3.63, 3.8) is 0 Å². The predicted molar refractivity (Wildman–Crippen MR) is 65.7 cm³/mol. The number of hydrogen-bond donors (Lipinski definition) is 0. The van der Waals surface area contributed by atoms with Gasteiger partial charge in [0, 0.05) is 0 Å². The van der Waals surface area contributed by atoms with Gasteiger partial charge in [0.1, 0.15) is 5.60 Å². The lowest BCUT2D eigenvalue weighted by atomic mass is 9.72. The van der Waals surface area contributed by atoms with Crippen molar-refractivity contribution < 1.29 is 14.3 Å². The molecule has 0 bridgehead atoms. The standard InChI is InChI=1S/C14H24O3/c1-5-11-6-8-13(9-7-11)14(17-13,10(2)3)12(15)16-4/h10-11H,5-9H2,1-4H3. The molecule has 2 aliphatic rings. The van der Waals surface area contributed by atoms with E-state index in [1.54, 1.807) is 0 Å². The molecule has 0 N–H and O–H groups in total. The Labute approximate surface area is 104 Å². The van der Waals surface area contributed by atoms with E-state index in [0.717, 1.165) is 18.8 Å². The van der Waals surface area contributed by atoms with Gasteiger partial charge in [0.25, 0.3) is 0 Å². The number of esters is 1. The second-order valence-corrected chi connectivity index (χ2v) is 5.83. The van der Waals surface area contributed by atoms with Crippen LogP contribution in [0.3, 0.4) is 0 Å². The third-order valence-corrected chi connectivity index (χ3v) is 4.78. The first kappa shape index (κ1) is 12.9. The minimum Gasteiger partial charge on any atom is -0.467 e. The van der Waals surface area contributed by atoms with E-state index in [1.165, 1.54) is 26.4 Å². The second kappa shape index (κ2) is 4.27. The number of rotatable bonds is 3. The van der Waals surface area contributed by atoms with Crippen LogP contribution in [-0.4, -0.2) is 24.3 Å². The first-order valence-corrected chi connectivity index (χ1v) is 6.81. The molecule has 98 valence electrons. The maximum absolute atomic E-state index is 12.0. The van der Waals surface area contributed by atoms with Crippen LogP contribution < -0.4 is 0 Å². The molecule has 1 saturated carbocycles. The third-order valence-electron chi connectivity index (χ3n) is 4.78. The number of epoxide rings is 1. The largest absolute Gasteiger partial charge is 0.467 e. The molecule has 1 spiro atoms. The molecule has 1 aliphatic heterocycles. The van der Waals surface area contributed by atoms with E-state index in [9.17, 15) is 4.79 Å². The van der Waals surface area contributed by atoms with E-state index in [0.29, 0.717) is 0 Å². The van der Waals surface area contributed by atoms with Gasteiger partial charge in [-0.3, -0.25) is 0 Å². The second-order valence-electron chi connectivity index (χ2n) is 5.83. The van der Waals surface area contributed by atoms with Gasteiger partial charge in [0.2, 0.25) is 0 Å². The van der Waals surface area contributed by atoms with Gasteiger partial charge in [0.15, 0.2) is 5.60 Å². The average Bonchev–Trinajstić information content (AvgIpc) is 2.99. The minimum atomic E-state index is -0.652. The predicted octanol–water partition coefficient (Wildman–Crippen LogP) is 2.92. The fourth-order valence-corrected chi connectivity index (χ4v) is 3.57. The molecule has 0 amide bonds. The van der Waals surface area contributed by atoms with Crippen molar-refractivity contribution >= 4 is 5.97 Å². The molecular formula is C14H24O3. The van der Waals surface area contributed by atoms with Crippen LogP contribution in [0.15, 0.2) is 0 Å². The van der Waals surface area contributed by atoms with Crippen molar-refractivity contribution in [3.05, 3.63) is 0 Å².